The smallest absolute Gasteiger partial charge is 0.0972 e. The lowest BCUT2D eigenvalue weighted by Gasteiger charge is -2.31. The first-order valence-electron chi connectivity index (χ1n) is 6.91. The van der Waals surface area contributed by atoms with Gasteiger partial charge in [-0.15, -0.1) is 11.3 Å². The van der Waals surface area contributed by atoms with Gasteiger partial charge in [-0.25, -0.2) is 0 Å². The van der Waals surface area contributed by atoms with Crippen molar-refractivity contribution < 1.29 is 9.47 Å². The fraction of sp³-hybridized carbons (Fsp3) is 0.714. The molecule has 4 nitrogen and oxygen atoms in total. The molecule has 0 bridgehead atoms. The van der Waals surface area contributed by atoms with Gasteiger partial charge in [0.1, 0.15) is 0 Å². The van der Waals surface area contributed by atoms with Gasteiger partial charge in [0.2, 0.25) is 0 Å². The number of thiophene rings is 1. The van der Waals surface area contributed by atoms with Crippen molar-refractivity contribution in [2.75, 3.05) is 27.3 Å². The molecule has 0 radical (unpaired) electrons. The molecule has 4 atom stereocenters. The third kappa shape index (κ3) is 3.43. The highest BCUT2D eigenvalue weighted by Crippen LogP contribution is 2.35. The van der Waals surface area contributed by atoms with Crippen LogP contribution in [0.25, 0.3) is 0 Å². The Balaban J connectivity index is 2.20. The minimum atomic E-state index is 0.119. The first kappa shape index (κ1) is 16.4. The first-order chi connectivity index (χ1) is 9.60. The van der Waals surface area contributed by atoms with Gasteiger partial charge in [0.25, 0.3) is 0 Å². The zero-order chi connectivity index (χ0) is 14.7. The van der Waals surface area contributed by atoms with E-state index in [4.69, 9.17) is 15.2 Å². The number of hydrogen-bond acceptors (Lipinski definition) is 5. The molecular formula is C14H23BrN2O2S. The van der Waals surface area contributed by atoms with Gasteiger partial charge in [-0.2, -0.15) is 0 Å². The summed E-state index contributed by atoms with van der Waals surface area (Å²) >= 11 is 5.30. The Bertz CT molecular complexity index is 417. The van der Waals surface area contributed by atoms with Crippen molar-refractivity contribution in [3.63, 3.8) is 0 Å². The van der Waals surface area contributed by atoms with E-state index in [0.29, 0.717) is 0 Å². The normalized spacial score (nSPS) is 26.9. The molecule has 1 aromatic heterocycles. The fourth-order valence-electron chi connectivity index (χ4n) is 2.82. The summed E-state index contributed by atoms with van der Waals surface area (Å²) in [6, 6.07) is 4.60. The molecule has 6 heteroatoms. The molecular weight excluding hydrogens is 340 g/mol. The molecule has 1 aromatic rings. The lowest BCUT2D eigenvalue weighted by atomic mass is 10.0. The maximum absolute atomic E-state index is 6.38. The van der Waals surface area contributed by atoms with Crippen LogP contribution in [0, 0.1) is 0 Å². The first-order valence-corrected chi connectivity index (χ1v) is 8.52. The van der Waals surface area contributed by atoms with Crippen LogP contribution in [-0.4, -0.2) is 50.5 Å². The fourth-order valence-corrected chi connectivity index (χ4v) is 4.46. The van der Waals surface area contributed by atoms with Crippen molar-refractivity contribution in [1.82, 2.24) is 4.90 Å². The van der Waals surface area contributed by atoms with E-state index in [-0.39, 0.29) is 24.3 Å². The van der Waals surface area contributed by atoms with Gasteiger partial charge in [-0.3, -0.25) is 4.90 Å². The monoisotopic (exact) mass is 362 g/mol. The van der Waals surface area contributed by atoms with Crippen molar-refractivity contribution in [3.8, 4) is 0 Å². The Hall–Kier alpha value is 0.0200. The summed E-state index contributed by atoms with van der Waals surface area (Å²) in [6.45, 7) is 3.86. The van der Waals surface area contributed by atoms with Crippen molar-refractivity contribution >= 4 is 27.3 Å². The Labute approximate surface area is 133 Å². The topological polar surface area (TPSA) is 47.7 Å². The van der Waals surface area contributed by atoms with Gasteiger partial charge in [0.15, 0.2) is 0 Å². The molecule has 1 fully saturated rings. The third-order valence-electron chi connectivity index (χ3n) is 4.00. The molecule has 1 saturated heterocycles. The maximum atomic E-state index is 6.38. The van der Waals surface area contributed by atoms with Crippen molar-refractivity contribution in [1.29, 1.82) is 0 Å². The van der Waals surface area contributed by atoms with Crippen LogP contribution in [0.5, 0.6) is 0 Å². The summed E-state index contributed by atoms with van der Waals surface area (Å²) in [7, 11) is 3.49. The highest BCUT2D eigenvalue weighted by molar-refractivity contribution is 9.11. The highest BCUT2D eigenvalue weighted by atomic mass is 79.9. The van der Waals surface area contributed by atoms with E-state index in [9.17, 15) is 0 Å². The minimum absolute atomic E-state index is 0.119. The second kappa shape index (κ2) is 7.33. The number of methoxy groups -OCH3 is 2. The van der Waals surface area contributed by atoms with E-state index < -0.39 is 0 Å². The number of nitrogens with two attached hydrogens (primary N) is 1. The number of nitrogens with zero attached hydrogens (tertiary/aromatic N) is 1. The van der Waals surface area contributed by atoms with Crippen molar-refractivity contribution in [2.45, 2.75) is 37.6 Å². The maximum Gasteiger partial charge on any atom is 0.0972 e. The Kier molecular flexibility index (Phi) is 6.01. The Morgan fingerprint density at radius 1 is 1.35 bits per heavy atom. The molecule has 0 spiro atoms. The van der Waals surface area contributed by atoms with Gasteiger partial charge in [0.05, 0.1) is 22.0 Å². The zero-order valence-corrected chi connectivity index (χ0v) is 14.6. The van der Waals surface area contributed by atoms with Crippen LogP contribution < -0.4 is 5.73 Å². The number of hydrogen-bond donors (Lipinski definition) is 1. The summed E-state index contributed by atoms with van der Waals surface area (Å²) in [5.74, 6) is 0. The quantitative estimate of drug-likeness (QED) is 0.844. The number of halogens is 1. The summed E-state index contributed by atoms with van der Waals surface area (Å²) < 4.78 is 12.2. The van der Waals surface area contributed by atoms with Crippen LogP contribution in [0.15, 0.2) is 15.9 Å². The molecule has 114 valence electrons. The van der Waals surface area contributed by atoms with Gasteiger partial charge in [0, 0.05) is 38.2 Å². The summed E-state index contributed by atoms with van der Waals surface area (Å²) in [5.41, 5.74) is 6.38. The molecule has 1 aliphatic rings. The van der Waals surface area contributed by atoms with E-state index in [2.05, 4.69) is 39.9 Å². The minimum Gasteiger partial charge on any atom is -0.377 e. The average molecular weight is 363 g/mol. The van der Waals surface area contributed by atoms with Crippen molar-refractivity contribution in [2.24, 2.45) is 5.73 Å². The van der Waals surface area contributed by atoms with Crippen LogP contribution in [0.4, 0.5) is 0 Å². The van der Waals surface area contributed by atoms with Crippen LogP contribution in [-0.2, 0) is 9.47 Å². The average Bonchev–Trinajstić information content (AvgIpc) is 3.05. The van der Waals surface area contributed by atoms with E-state index in [1.165, 1.54) is 4.88 Å². The molecule has 0 amide bonds. The van der Waals surface area contributed by atoms with E-state index >= 15 is 0 Å². The molecule has 2 rings (SSSR count). The summed E-state index contributed by atoms with van der Waals surface area (Å²) in [6.07, 6.45) is 1.19. The van der Waals surface area contributed by atoms with Crippen LogP contribution in [0.1, 0.15) is 24.3 Å². The van der Waals surface area contributed by atoms with E-state index in [0.717, 1.165) is 23.3 Å². The molecule has 0 aliphatic carbocycles. The summed E-state index contributed by atoms with van der Waals surface area (Å²) in [5, 5.41) is 0. The number of rotatable bonds is 6. The van der Waals surface area contributed by atoms with Gasteiger partial charge in [-0.1, -0.05) is 6.92 Å². The summed E-state index contributed by atoms with van der Waals surface area (Å²) in [4.78, 5) is 3.70. The molecule has 2 N–H and O–H groups in total. The predicted molar refractivity (Wildman–Crippen MR) is 86.2 cm³/mol. The highest BCUT2D eigenvalue weighted by Gasteiger charge is 2.39. The molecule has 0 aromatic carbocycles. The van der Waals surface area contributed by atoms with Crippen molar-refractivity contribution in [3.05, 3.63) is 20.8 Å². The molecule has 0 saturated carbocycles. The Morgan fingerprint density at radius 2 is 1.95 bits per heavy atom. The molecule has 4 unspecified atom stereocenters. The molecule has 1 aliphatic heterocycles. The van der Waals surface area contributed by atoms with E-state index in [1.807, 2.05) is 0 Å². The van der Waals surface area contributed by atoms with Crippen LogP contribution in [0.3, 0.4) is 0 Å². The Morgan fingerprint density at radius 3 is 2.35 bits per heavy atom. The number of likely N-dealkylation sites (tertiary alicyclic amines) is 1. The standard InChI is InChI=1S/C14H23BrN2O2S/c1-4-9(16)14(12-5-6-13(15)20-12)17-7-10(18-2)11(8-17)19-3/h5-6,9-11,14H,4,7-8,16H2,1-3H3. The zero-order valence-electron chi connectivity index (χ0n) is 12.2. The van der Waals surface area contributed by atoms with Gasteiger partial charge >= 0.3 is 0 Å². The lowest BCUT2D eigenvalue weighted by molar-refractivity contribution is -0.00461. The van der Waals surface area contributed by atoms with E-state index in [1.54, 1.807) is 25.6 Å². The second-order valence-corrected chi connectivity index (χ2v) is 7.66. The predicted octanol–water partition coefficient (Wildman–Crippen LogP) is 2.63. The van der Waals surface area contributed by atoms with Crippen LogP contribution in [0.2, 0.25) is 0 Å². The largest absolute Gasteiger partial charge is 0.377 e. The SMILES string of the molecule is CCC(N)C(c1ccc(Br)s1)N1CC(OC)C(OC)C1. The molecule has 2 heterocycles. The van der Waals surface area contributed by atoms with Gasteiger partial charge in [-0.05, 0) is 34.5 Å². The molecule has 20 heavy (non-hydrogen) atoms. The third-order valence-corrected chi connectivity index (χ3v) is 5.70. The second-order valence-electron chi connectivity index (χ2n) is 5.16. The van der Waals surface area contributed by atoms with Gasteiger partial charge < -0.3 is 15.2 Å². The van der Waals surface area contributed by atoms with Crippen LogP contribution >= 0.6 is 27.3 Å². The number of ether oxygens (including phenoxy) is 2. The lowest BCUT2D eigenvalue weighted by Crippen LogP contribution is -2.40.